The van der Waals surface area contributed by atoms with E-state index in [9.17, 15) is 8.42 Å². The Labute approximate surface area is 124 Å². The van der Waals surface area contributed by atoms with Crippen LogP contribution < -0.4 is 10.0 Å². The molecule has 0 bridgehead atoms. The summed E-state index contributed by atoms with van der Waals surface area (Å²) in [5, 5.41) is 12.0. The SMILES string of the molecule is CCNCCNS(=O)(=O)c1ccc(Cl)c(C#N)c1.Cl. The molecule has 0 aliphatic rings. The number of nitriles is 1. The zero-order valence-electron chi connectivity index (χ0n) is 10.3. The molecule has 5 nitrogen and oxygen atoms in total. The highest BCUT2D eigenvalue weighted by molar-refractivity contribution is 7.89. The van der Waals surface area contributed by atoms with Crippen LogP contribution in [0.4, 0.5) is 0 Å². The number of rotatable bonds is 6. The van der Waals surface area contributed by atoms with Crippen molar-refractivity contribution in [2.24, 2.45) is 0 Å². The van der Waals surface area contributed by atoms with E-state index in [0.717, 1.165) is 6.54 Å². The molecule has 106 valence electrons. The standard InChI is InChI=1S/C11H14ClN3O2S.ClH/c1-2-14-5-6-15-18(16,17)10-3-4-11(12)9(7-10)8-13;/h3-4,7,14-15H,2,5-6H2,1H3;1H. The van der Waals surface area contributed by atoms with Gasteiger partial charge in [-0.15, -0.1) is 12.4 Å². The number of likely N-dealkylation sites (N-methyl/N-ethyl adjacent to an activating group) is 1. The molecule has 0 saturated carbocycles. The van der Waals surface area contributed by atoms with Gasteiger partial charge < -0.3 is 5.32 Å². The van der Waals surface area contributed by atoms with E-state index in [-0.39, 0.29) is 27.9 Å². The Morgan fingerprint density at radius 1 is 1.37 bits per heavy atom. The predicted molar refractivity (Wildman–Crippen MR) is 77.1 cm³/mol. The summed E-state index contributed by atoms with van der Waals surface area (Å²) in [4.78, 5) is 0.0416. The summed E-state index contributed by atoms with van der Waals surface area (Å²) >= 11 is 5.74. The first-order valence-electron chi connectivity index (χ1n) is 5.41. The van der Waals surface area contributed by atoms with Crippen LogP contribution in [-0.4, -0.2) is 28.1 Å². The summed E-state index contributed by atoms with van der Waals surface area (Å²) in [7, 11) is -3.59. The minimum absolute atomic E-state index is 0. The lowest BCUT2D eigenvalue weighted by atomic mass is 10.2. The molecule has 0 aliphatic carbocycles. The van der Waals surface area contributed by atoms with Crippen LogP contribution in [0.5, 0.6) is 0 Å². The topological polar surface area (TPSA) is 82.0 Å². The van der Waals surface area contributed by atoms with Gasteiger partial charge in [-0.2, -0.15) is 5.26 Å². The molecule has 0 aromatic heterocycles. The van der Waals surface area contributed by atoms with Gasteiger partial charge in [-0.25, -0.2) is 13.1 Å². The molecule has 0 heterocycles. The van der Waals surface area contributed by atoms with E-state index in [2.05, 4.69) is 10.0 Å². The van der Waals surface area contributed by atoms with E-state index in [1.165, 1.54) is 18.2 Å². The van der Waals surface area contributed by atoms with Gasteiger partial charge >= 0.3 is 0 Å². The van der Waals surface area contributed by atoms with Crippen molar-refractivity contribution in [3.05, 3.63) is 28.8 Å². The zero-order chi connectivity index (χ0) is 13.6. The van der Waals surface area contributed by atoms with Gasteiger partial charge in [0.05, 0.1) is 15.5 Å². The number of hydrogen-bond donors (Lipinski definition) is 2. The van der Waals surface area contributed by atoms with Crippen molar-refractivity contribution in [1.29, 1.82) is 5.26 Å². The second-order valence-corrected chi connectivity index (χ2v) is 5.68. The van der Waals surface area contributed by atoms with Gasteiger partial charge in [0.1, 0.15) is 6.07 Å². The first kappa shape index (κ1) is 18.2. The highest BCUT2D eigenvalue weighted by Gasteiger charge is 2.14. The number of sulfonamides is 1. The second kappa shape index (κ2) is 8.35. The number of nitrogens with zero attached hydrogens (tertiary/aromatic N) is 1. The van der Waals surface area contributed by atoms with Gasteiger partial charge in [0.2, 0.25) is 10.0 Å². The van der Waals surface area contributed by atoms with Crippen LogP contribution in [0.3, 0.4) is 0 Å². The van der Waals surface area contributed by atoms with E-state index in [0.29, 0.717) is 13.1 Å². The van der Waals surface area contributed by atoms with Crippen LogP contribution in [0.25, 0.3) is 0 Å². The highest BCUT2D eigenvalue weighted by Crippen LogP contribution is 2.19. The van der Waals surface area contributed by atoms with Gasteiger partial charge in [0.15, 0.2) is 0 Å². The molecule has 0 radical (unpaired) electrons. The average molecular weight is 324 g/mol. The lowest BCUT2D eigenvalue weighted by Gasteiger charge is -2.07. The van der Waals surface area contributed by atoms with Crippen LogP contribution in [0.15, 0.2) is 23.1 Å². The molecule has 1 aromatic carbocycles. The molecule has 0 spiro atoms. The monoisotopic (exact) mass is 323 g/mol. The lowest BCUT2D eigenvalue weighted by molar-refractivity contribution is 0.577. The molecular formula is C11H15Cl2N3O2S. The number of hydrogen-bond acceptors (Lipinski definition) is 4. The third-order valence-corrected chi connectivity index (χ3v) is 4.00. The normalized spacial score (nSPS) is 10.6. The minimum Gasteiger partial charge on any atom is -0.316 e. The maximum atomic E-state index is 11.9. The molecule has 1 aromatic rings. The Morgan fingerprint density at radius 2 is 2.05 bits per heavy atom. The maximum Gasteiger partial charge on any atom is 0.240 e. The lowest BCUT2D eigenvalue weighted by Crippen LogP contribution is -2.31. The molecule has 0 amide bonds. The minimum atomic E-state index is -3.59. The first-order chi connectivity index (χ1) is 8.51. The Balaban J connectivity index is 0.00000324. The molecule has 19 heavy (non-hydrogen) atoms. The molecule has 2 N–H and O–H groups in total. The zero-order valence-corrected chi connectivity index (χ0v) is 12.7. The summed E-state index contributed by atoms with van der Waals surface area (Å²) in [5.41, 5.74) is 0.145. The number of halogens is 2. The number of nitrogens with one attached hydrogen (secondary N) is 2. The third kappa shape index (κ3) is 5.35. The van der Waals surface area contributed by atoms with Crippen molar-refractivity contribution >= 4 is 34.0 Å². The van der Waals surface area contributed by atoms with Gasteiger partial charge in [-0.3, -0.25) is 0 Å². The fourth-order valence-corrected chi connectivity index (χ4v) is 2.51. The summed E-state index contributed by atoms with van der Waals surface area (Å²) in [5.74, 6) is 0. The van der Waals surface area contributed by atoms with Crippen molar-refractivity contribution in [1.82, 2.24) is 10.0 Å². The van der Waals surface area contributed by atoms with Gasteiger partial charge in [0.25, 0.3) is 0 Å². The molecule has 0 saturated heterocycles. The van der Waals surface area contributed by atoms with E-state index in [1.54, 1.807) is 0 Å². The Hall–Kier alpha value is -0.840. The fraction of sp³-hybridized carbons (Fsp3) is 0.364. The van der Waals surface area contributed by atoms with E-state index >= 15 is 0 Å². The van der Waals surface area contributed by atoms with Gasteiger partial charge in [0, 0.05) is 13.1 Å². The van der Waals surface area contributed by atoms with Crippen LogP contribution in [0, 0.1) is 11.3 Å². The van der Waals surface area contributed by atoms with Crippen LogP contribution in [0.1, 0.15) is 12.5 Å². The Bertz CT molecular complexity index is 556. The number of benzene rings is 1. The third-order valence-electron chi connectivity index (χ3n) is 2.21. The van der Waals surface area contributed by atoms with Gasteiger partial charge in [-0.05, 0) is 24.7 Å². The molecule has 0 aliphatic heterocycles. The molecule has 8 heteroatoms. The van der Waals surface area contributed by atoms with Crippen molar-refractivity contribution in [3.8, 4) is 6.07 Å². The van der Waals surface area contributed by atoms with Crippen molar-refractivity contribution in [3.63, 3.8) is 0 Å². The summed E-state index contributed by atoms with van der Waals surface area (Å²) in [6, 6.07) is 5.88. The maximum absolute atomic E-state index is 11.9. The fourth-order valence-electron chi connectivity index (χ4n) is 1.29. The average Bonchev–Trinajstić information content (AvgIpc) is 2.35. The molecule has 0 atom stereocenters. The summed E-state index contributed by atoms with van der Waals surface area (Å²) in [6.45, 7) is 3.56. The molecule has 0 fully saturated rings. The smallest absolute Gasteiger partial charge is 0.240 e. The van der Waals surface area contributed by atoms with Crippen molar-refractivity contribution < 1.29 is 8.42 Å². The van der Waals surface area contributed by atoms with Gasteiger partial charge in [-0.1, -0.05) is 18.5 Å². The predicted octanol–water partition coefficient (Wildman–Crippen LogP) is 1.52. The van der Waals surface area contributed by atoms with Crippen LogP contribution in [-0.2, 0) is 10.0 Å². The Morgan fingerprint density at radius 3 is 2.63 bits per heavy atom. The highest BCUT2D eigenvalue weighted by atomic mass is 35.5. The largest absolute Gasteiger partial charge is 0.316 e. The summed E-state index contributed by atoms with van der Waals surface area (Å²) < 4.78 is 26.2. The van der Waals surface area contributed by atoms with Crippen LogP contribution >= 0.6 is 24.0 Å². The van der Waals surface area contributed by atoms with E-state index < -0.39 is 10.0 Å². The van der Waals surface area contributed by atoms with Crippen molar-refractivity contribution in [2.75, 3.05) is 19.6 Å². The van der Waals surface area contributed by atoms with Crippen LogP contribution in [0.2, 0.25) is 5.02 Å². The quantitative estimate of drug-likeness (QED) is 0.778. The van der Waals surface area contributed by atoms with Crippen molar-refractivity contribution in [2.45, 2.75) is 11.8 Å². The first-order valence-corrected chi connectivity index (χ1v) is 7.27. The second-order valence-electron chi connectivity index (χ2n) is 3.50. The van der Waals surface area contributed by atoms with E-state index in [4.69, 9.17) is 16.9 Å². The summed E-state index contributed by atoms with van der Waals surface area (Å²) in [6.07, 6.45) is 0. The molecular weight excluding hydrogens is 309 g/mol. The molecule has 0 unspecified atom stereocenters. The Kier molecular flexibility index (Phi) is 7.99. The molecule has 1 rings (SSSR count). The van der Waals surface area contributed by atoms with E-state index in [1.807, 2.05) is 13.0 Å².